The second kappa shape index (κ2) is 7.98. The van der Waals surface area contributed by atoms with Gasteiger partial charge in [-0.1, -0.05) is 6.92 Å². The molecular weight excluding hydrogens is 368 g/mol. The third kappa shape index (κ3) is 4.32. The van der Waals surface area contributed by atoms with E-state index < -0.39 is 16.0 Å². The Labute approximate surface area is 160 Å². The van der Waals surface area contributed by atoms with Crippen molar-refractivity contribution in [2.75, 3.05) is 24.5 Å². The number of hydrogen-bond donors (Lipinski definition) is 1. The zero-order valence-electron chi connectivity index (χ0n) is 15.6. The molecule has 0 spiro atoms. The van der Waals surface area contributed by atoms with Crippen molar-refractivity contribution in [1.29, 1.82) is 0 Å². The number of carbonyl (C=O) groups is 2. The highest BCUT2D eigenvalue weighted by Gasteiger charge is 2.31. The van der Waals surface area contributed by atoms with Gasteiger partial charge in [0.1, 0.15) is 0 Å². The van der Waals surface area contributed by atoms with Crippen LogP contribution in [0.5, 0.6) is 0 Å². The molecule has 2 aliphatic heterocycles. The van der Waals surface area contributed by atoms with Crippen LogP contribution in [0.15, 0.2) is 23.1 Å². The van der Waals surface area contributed by atoms with Gasteiger partial charge in [-0.25, -0.2) is 8.42 Å². The molecule has 27 heavy (non-hydrogen) atoms. The van der Waals surface area contributed by atoms with Crippen LogP contribution < -0.4 is 4.90 Å². The predicted molar refractivity (Wildman–Crippen MR) is 101 cm³/mol. The molecule has 2 aliphatic rings. The third-order valence-corrected chi connectivity index (χ3v) is 7.30. The van der Waals surface area contributed by atoms with Crippen LogP contribution in [-0.4, -0.2) is 49.3 Å². The Kier molecular flexibility index (Phi) is 5.86. The topological polar surface area (TPSA) is 95.0 Å². The second-order valence-corrected chi connectivity index (χ2v) is 9.36. The van der Waals surface area contributed by atoms with Crippen LogP contribution in [0, 0.1) is 5.92 Å². The zero-order chi connectivity index (χ0) is 19.6. The van der Waals surface area contributed by atoms with E-state index in [1.54, 1.807) is 27.4 Å². The van der Waals surface area contributed by atoms with Crippen LogP contribution in [-0.2, 0) is 26.0 Å². The normalized spacial score (nSPS) is 18.5. The minimum absolute atomic E-state index is 0.0297. The minimum Gasteiger partial charge on any atom is -0.481 e. The van der Waals surface area contributed by atoms with Gasteiger partial charge >= 0.3 is 5.97 Å². The van der Waals surface area contributed by atoms with Crippen LogP contribution >= 0.6 is 0 Å². The van der Waals surface area contributed by atoms with E-state index in [0.29, 0.717) is 38.4 Å². The molecule has 0 atom stereocenters. The number of anilines is 1. The number of piperidine rings is 1. The van der Waals surface area contributed by atoms with Gasteiger partial charge in [-0.05, 0) is 55.4 Å². The highest BCUT2D eigenvalue weighted by molar-refractivity contribution is 7.89. The van der Waals surface area contributed by atoms with E-state index in [0.717, 1.165) is 24.1 Å². The summed E-state index contributed by atoms with van der Waals surface area (Å²) in [7, 11) is -3.50. The summed E-state index contributed by atoms with van der Waals surface area (Å²) >= 11 is 0. The summed E-state index contributed by atoms with van der Waals surface area (Å²) in [5.74, 6) is -0.473. The molecule has 1 aromatic carbocycles. The molecule has 1 fully saturated rings. The maximum absolute atomic E-state index is 12.9. The molecular formula is C19H26N2O5S. The van der Waals surface area contributed by atoms with Gasteiger partial charge in [0.15, 0.2) is 0 Å². The van der Waals surface area contributed by atoms with Gasteiger partial charge in [0, 0.05) is 38.2 Å². The number of sulfonamides is 1. The van der Waals surface area contributed by atoms with E-state index in [2.05, 4.69) is 6.92 Å². The monoisotopic (exact) mass is 394 g/mol. The Morgan fingerprint density at radius 3 is 2.52 bits per heavy atom. The molecule has 8 heteroatoms. The van der Waals surface area contributed by atoms with Gasteiger partial charge in [-0.3, -0.25) is 9.59 Å². The molecule has 148 valence electrons. The SMILES string of the molecule is CC1CCN(S(=O)(=O)c2ccc3c(c2)CCN3C(=O)CCCC(=O)O)CC1. The van der Waals surface area contributed by atoms with Crippen molar-refractivity contribution in [2.45, 2.75) is 50.3 Å². The van der Waals surface area contributed by atoms with Gasteiger partial charge < -0.3 is 10.0 Å². The van der Waals surface area contributed by atoms with Gasteiger partial charge in [0.2, 0.25) is 15.9 Å². The standard InChI is InChI=1S/C19H26N2O5S/c1-14-7-10-20(11-8-14)27(25,26)16-5-6-17-15(13-16)9-12-21(17)18(22)3-2-4-19(23)24/h5-6,13-14H,2-4,7-12H2,1H3,(H,23,24). The Bertz CT molecular complexity index is 829. The number of nitrogens with zero attached hydrogens (tertiary/aromatic N) is 2. The summed E-state index contributed by atoms with van der Waals surface area (Å²) in [5, 5.41) is 8.69. The molecule has 3 rings (SSSR count). The second-order valence-electron chi connectivity index (χ2n) is 7.42. The molecule has 1 aromatic rings. The van der Waals surface area contributed by atoms with Crippen molar-refractivity contribution < 1.29 is 23.1 Å². The fraction of sp³-hybridized carbons (Fsp3) is 0.579. The molecule has 0 radical (unpaired) electrons. The average molecular weight is 394 g/mol. The van der Waals surface area contributed by atoms with Crippen LogP contribution in [0.2, 0.25) is 0 Å². The zero-order valence-corrected chi connectivity index (χ0v) is 16.4. The van der Waals surface area contributed by atoms with Gasteiger partial charge in [-0.2, -0.15) is 4.31 Å². The molecule has 0 unspecified atom stereocenters. The van der Waals surface area contributed by atoms with Crippen LogP contribution in [0.25, 0.3) is 0 Å². The first-order valence-corrected chi connectivity index (χ1v) is 10.9. The summed E-state index contributed by atoms with van der Waals surface area (Å²) < 4.78 is 27.4. The number of benzene rings is 1. The van der Waals surface area contributed by atoms with E-state index in [1.165, 1.54) is 0 Å². The lowest BCUT2D eigenvalue weighted by Crippen LogP contribution is -2.37. The number of carboxylic acids is 1. The molecule has 0 saturated carbocycles. The molecule has 1 saturated heterocycles. The Morgan fingerprint density at radius 1 is 1.15 bits per heavy atom. The third-order valence-electron chi connectivity index (χ3n) is 5.41. The maximum Gasteiger partial charge on any atom is 0.303 e. The van der Waals surface area contributed by atoms with E-state index in [-0.39, 0.29) is 23.6 Å². The molecule has 1 N–H and O–H groups in total. The molecule has 7 nitrogen and oxygen atoms in total. The van der Waals surface area contributed by atoms with Crippen molar-refractivity contribution in [2.24, 2.45) is 5.92 Å². The molecule has 0 aromatic heterocycles. The lowest BCUT2D eigenvalue weighted by molar-refractivity contribution is -0.137. The lowest BCUT2D eigenvalue weighted by atomic mass is 10.0. The van der Waals surface area contributed by atoms with Gasteiger partial charge in [0.05, 0.1) is 4.90 Å². The highest BCUT2D eigenvalue weighted by atomic mass is 32.2. The molecule has 1 amide bonds. The predicted octanol–water partition coefficient (Wildman–Crippen LogP) is 2.25. The first kappa shape index (κ1) is 19.8. The van der Waals surface area contributed by atoms with Crippen molar-refractivity contribution in [1.82, 2.24) is 4.31 Å². The van der Waals surface area contributed by atoms with Gasteiger partial charge in [-0.15, -0.1) is 0 Å². The number of hydrogen-bond acceptors (Lipinski definition) is 4. The number of aliphatic carboxylic acids is 1. The number of amides is 1. The summed E-state index contributed by atoms with van der Waals surface area (Å²) in [4.78, 5) is 24.9. The number of carbonyl (C=O) groups excluding carboxylic acids is 1. The number of rotatable bonds is 6. The van der Waals surface area contributed by atoms with E-state index >= 15 is 0 Å². The van der Waals surface area contributed by atoms with Gasteiger partial charge in [0.25, 0.3) is 0 Å². The smallest absolute Gasteiger partial charge is 0.303 e. The van der Waals surface area contributed by atoms with Crippen LogP contribution in [0.3, 0.4) is 0 Å². The Balaban J connectivity index is 1.72. The van der Waals surface area contributed by atoms with Crippen molar-refractivity contribution in [3.05, 3.63) is 23.8 Å². The van der Waals surface area contributed by atoms with Crippen molar-refractivity contribution >= 4 is 27.6 Å². The summed E-state index contributed by atoms with van der Waals surface area (Å²) in [6.45, 7) is 3.75. The summed E-state index contributed by atoms with van der Waals surface area (Å²) in [5.41, 5.74) is 1.59. The van der Waals surface area contributed by atoms with Crippen molar-refractivity contribution in [3.8, 4) is 0 Å². The highest BCUT2D eigenvalue weighted by Crippen LogP contribution is 2.32. The Hall–Kier alpha value is -1.93. The summed E-state index contributed by atoms with van der Waals surface area (Å²) in [6, 6.07) is 4.97. The molecule has 0 bridgehead atoms. The summed E-state index contributed by atoms with van der Waals surface area (Å²) in [6.07, 6.45) is 2.82. The average Bonchev–Trinajstić information content (AvgIpc) is 3.05. The van der Waals surface area contributed by atoms with Crippen LogP contribution in [0.4, 0.5) is 5.69 Å². The first-order valence-electron chi connectivity index (χ1n) is 9.44. The Morgan fingerprint density at radius 2 is 1.85 bits per heavy atom. The fourth-order valence-corrected chi connectivity index (χ4v) is 5.22. The largest absolute Gasteiger partial charge is 0.481 e. The van der Waals surface area contributed by atoms with E-state index in [9.17, 15) is 18.0 Å². The van der Waals surface area contributed by atoms with Crippen LogP contribution in [0.1, 0.15) is 44.6 Å². The minimum atomic E-state index is -3.50. The molecule has 0 aliphatic carbocycles. The quantitative estimate of drug-likeness (QED) is 0.798. The number of carboxylic acid groups (broad SMARTS) is 1. The maximum atomic E-state index is 12.9. The first-order chi connectivity index (χ1) is 12.8. The lowest BCUT2D eigenvalue weighted by Gasteiger charge is -2.29. The molecule has 2 heterocycles. The number of fused-ring (bicyclic) bond motifs is 1. The van der Waals surface area contributed by atoms with E-state index in [4.69, 9.17) is 5.11 Å². The van der Waals surface area contributed by atoms with E-state index in [1.807, 2.05) is 0 Å². The van der Waals surface area contributed by atoms with Crippen molar-refractivity contribution in [3.63, 3.8) is 0 Å². The fourth-order valence-electron chi connectivity index (χ4n) is 3.70.